The van der Waals surface area contributed by atoms with Crippen LogP contribution in [0.4, 0.5) is 4.79 Å². The Morgan fingerprint density at radius 1 is 1.24 bits per heavy atom. The van der Waals surface area contributed by atoms with Gasteiger partial charge in [0.15, 0.2) is 5.79 Å². The Morgan fingerprint density at radius 3 is 2.52 bits per heavy atom. The van der Waals surface area contributed by atoms with Gasteiger partial charge in [0.25, 0.3) is 0 Å². The zero-order valence-electron chi connectivity index (χ0n) is 18.0. The SMILES string of the molecule is CC(C)(C)OC(=O)N[C@H](CCC[C@@H]1COC(C)(C)O1)C(=O)OCc1ccccc1. The molecule has 162 valence electrons. The Balaban J connectivity index is 1.89. The summed E-state index contributed by atoms with van der Waals surface area (Å²) in [5.41, 5.74) is 0.235. The van der Waals surface area contributed by atoms with E-state index in [2.05, 4.69) is 5.32 Å². The molecule has 1 N–H and O–H groups in total. The van der Waals surface area contributed by atoms with E-state index in [-0.39, 0.29) is 12.7 Å². The molecule has 0 saturated carbocycles. The van der Waals surface area contributed by atoms with Gasteiger partial charge in [-0.2, -0.15) is 0 Å². The molecule has 1 aliphatic rings. The van der Waals surface area contributed by atoms with Crippen LogP contribution in [0.2, 0.25) is 0 Å². The fraction of sp³-hybridized carbons (Fsp3) is 0.636. The van der Waals surface area contributed by atoms with E-state index in [1.807, 2.05) is 44.2 Å². The molecule has 0 aromatic heterocycles. The molecule has 0 aliphatic carbocycles. The quantitative estimate of drug-likeness (QED) is 0.657. The zero-order chi connectivity index (χ0) is 21.5. The highest BCUT2D eigenvalue weighted by Gasteiger charge is 2.33. The lowest BCUT2D eigenvalue weighted by Gasteiger charge is -2.23. The Kier molecular flexibility index (Phi) is 8.05. The third-order valence-electron chi connectivity index (χ3n) is 4.29. The number of amides is 1. The third-order valence-corrected chi connectivity index (χ3v) is 4.29. The first-order valence-electron chi connectivity index (χ1n) is 10.1. The first-order chi connectivity index (χ1) is 13.5. The fourth-order valence-electron chi connectivity index (χ4n) is 2.98. The summed E-state index contributed by atoms with van der Waals surface area (Å²) < 4.78 is 22.1. The average molecular weight is 408 g/mol. The molecule has 1 heterocycles. The molecule has 0 bridgehead atoms. The largest absolute Gasteiger partial charge is 0.459 e. The second-order valence-corrected chi connectivity index (χ2v) is 8.67. The summed E-state index contributed by atoms with van der Waals surface area (Å²) in [6.45, 7) is 9.74. The number of esters is 1. The Bertz CT molecular complexity index is 668. The van der Waals surface area contributed by atoms with Gasteiger partial charge in [0.1, 0.15) is 18.2 Å². The molecule has 0 spiro atoms. The molecule has 1 aliphatic heterocycles. The van der Waals surface area contributed by atoms with Crippen molar-refractivity contribution in [1.82, 2.24) is 5.32 Å². The predicted octanol–water partition coefficient (Wildman–Crippen LogP) is 3.94. The van der Waals surface area contributed by atoms with Crippen LogP contribution in [0.5, 0.6) is 0 Å². The van der Waals surface area contributed by atoms with Crippen molar-refractivity contribution in [2.24, 2.45) is 0 Å². The summed E-state index contributed by atoms with van der Waals surface area (Å²) in [6, 6.07) is 8.62. The molecule has 7 nitrogen and oxygen atoms in total. The summed E-state index contributed by atoms with van der Waals surface area (Å²) >= 11 is 0. The van der Waals surface area contributed by atoms with Gasteiger partial charge in [0.05, 0.1) is 12.7 Å². The minimum absolute atomic E-state index is 0.0208. The predicted molar refractivity (Wildman–Crippen MR) is 108 cm³/mol. The van der Waals surface area contributed by atoms with Crippen LogP contribution in [0.3, 0.4) is 0 Å². The van der Waals surface area contributed by atoms with E-state index in [1.165, 1.54) is 0 Å². The van der Waals surface area contributed by atoms with Gasteiger partial charge < -0.3 is 24.3 Å². The van der Waals surface area contributed by atoms with Crippen LogP contribution in [0, 0.1) is 0 Å². The number of benzene rings is 1. The molecule has 1 aromatic carbocycles. The molecule has 2 atom stereocenters. The van der Waals surface area contributed by atoms with Crippen molar-refractivity contribution < 1.29 is 28.5 Å². The molecule has 7 heteroatoms. The fourth-order valence-corrected chi connectivity index (χ4v) is 2.98. The van der Waals surface area contributed by atoms with Crippen molar-refractivity contribution >= 4 is 12.1 Å². The standard InChI is InChI=1S/C22H33NO6/c1-21(2,3)29-20(25)23-18(13-9-12-17-15-27-22(4,5)28-17)19(24)26-14-16-10-7-6-8-11-16/h6-8,10-11,17-18H,9,12-15H2,1-5H3,(H,23,25)/t17-,18-/m1/s1. The van der Waals surface area contributed by atoms with E-state index < -0.39 is 29.5 Å². The maximum atomic E-state index is 12.6. The molecule has 1 saturated heterocycles. The molecule has 1 fully saturated rings. The van der Waals surface area contributed by atoms with Crippen molar-refractivity contribution in [1.29, 1.82) is 0 Å². The lowest BCUT2D eigenvalue weighted by atomic mass is 10.1. The summed E-state index contributed by atoms with van der Waals surface area (Å²) in [4.78, 5) is 24.8. The van der Waals surface area contributed by atoms with Crippen LogP contribution in [0.1, 0.15) is 59.4 Å². The Morgan fingerprint density at radius 2 is 1.93 bits per heavy atom. The molecule has 1 amide bonds. The van der Waals surface area contributed by atoms with E-state index in [0.717, 1.165) is 12.0 Å². The highest BCUT2D eigenvalue weighted by molar-refractivity contribution is 5.81. The van der Waals surface area contributed by atoms with Crippen LogP contribution in [0.15, 0.2) is 30.3 Å². The van der Waals surface area contributed by atoms with Gasteiger partial charge >= 0.3 is 12.1 Å². The van der Waals surface area contributed by atoms with E-state index in [1.54, 1.807) is 20.8 Å². The lowest BCUT2D eigenvalue weighted by molar-refractivity contribution is -0.148. The minimum atomic E-state index is -0.788. The first-order valence-corrected chi connectivity index (χ1v) is 10.1. The van der Waals surface area contributed by atoms with Crippen LogP contribution in [0.25, 0.3) is 0 Å². The summed E-state index contributed by atoms with van der Waals surface area (Å²) in [7, 11) is 0. The number of hydrogen-bond acceptors (Lipinski definition) is 6. The topological polar surface area (TPSA) is 83.1 Å². The van der Waals surface area contributed by atoms with E-state index in [4.69, 9.17) is 18.9 Å². The van der Waals surface area contributed by atoms with Crippen LogP contribution >= 0.6 is 0 Å². The second kappa shape index (κ2) is 10.1. The highest BCUT2D eigenvalue weighted by atomic mass is 16.7. The van der Waals surface area contributed by atoms with Crippen molar-refractivity contribution in [3.8, 4) is 0 Å². The highest BCUT2D eigenvalue weighted by Crippen LogP contribution is 2.25. The lowest BCUT2D eigenvalue weighted by Crippen LogP contribution is -2.44. The van der Waals surface area contributed by atoms with E-state index in [0.29, 0.717) is 19.4 Å². The van der Waals surface area contributed by atoms with Crippen LogP contribution < -0.4 is 5.32 Å². The van der Waals surface area contributed by atoms with Crippen molar-refractivity contribution in [3.05, 3.63) is 35.9 Å². The molecular weight excluding hydrogens is 374 g/mol. The van der Waals surface area contributed by atoms with E-state index >= 15 is 0 Å². The molecule has 29 heavy (non-hydrogen) atoms. The van der Waals surface area contributed by atoms with Crippen molar-refractivity contribution in [2.45, 2.75) is 84.0 Å². The smallest absolute Gasteiger partial charge is 0.408 e. The second-order valence-electron chi connectivity index (χ2n) is 8.67. The number of hydrogen-bond donors (Lipinski definition) is 1. The maximum absolute atomic E-state index is 12.6. The van der Waals surface area contributed by atoms with Gasteiger partial charge in [0.2, 0.25) is 0 Å². The minimum Gasteiger partial charge on any atom is -0.459 e. The number of carbonyl (C=O) groups excluding carboxylic acids is 2. The molecule has 2 rings (SSSR count). The van der Waals surface area contributed by atoms with E-state index in [9.17, 15) is 9.59 Å². The number of rotatable bonds is 8. The van der Waals surface area contributed by atoms with Gasteiger partial charge in [-0.15, -0.1) is 0 Å². The number of nitrogens with one attached hydrogen (secondary N) is 1. The maximum Gasteiger partial charge on any atom is 0.408 e. The summed E-state index contributed by atoms with van der Waals surface area (Å²) in [6.07, 6.45) is 1.16. The normalized spacial score (nSPS) is 19.4. The average Bonchev–Trinajstić information content (AvgIpc) is 2.97. The number of alkyl carbamates (subject to hydrolysis) is 1. The zero-order valence-corrected chi connectivity index (χ0v) is 18.0. The van der Waals surface area contributed by atoms with Crippen molar-refractivity contribution in [2.75, 3.05) is 6.61 Å². The van der Waals surface area contributed by atoms with Gasteiger partial charge in [-0.1, -0.05) is 30.3 Å². The van der Waals surface area contributed by atoms with Gasteiger partial charge in [-0.05, 0) is 59.4 Å². The summed E-state index contributed by atoms with van der Waals surface area (Å²) in [5.74, 6) is -1.06. The molecule has 0 unspecified atom stereocenters. The van der Waals surface area contributed by atoms with Crippen molar-refractivity contribution in [3.63, 3.8) is 0 Å². The third kappa shape index (κ3) is 8.83. The Labute approximate surface area is 173 Å². The summed E-state index contributed by atoms with van der Waals surface area (Å²) in [5, 5.41) is 2.64. The molecule has 1 aromatic rings. The van der Waals surface area contributed by atoms with Crippen LogP contribution in [-0.4, -0.2) is 42.2 Å². The van der Waals surface area contributed by atoms with Gasteiger partial charge in [-0.3, -0.25) is 0 Å². The van der Waals surface area contributed by atoms with Gasteiger partial charge in [-0.25, -0.2) is 9.59 Å². The monoisotopic (exact) mass is 407 g/mol. The molecule has 0 radical (unpaired) electrons. The number of carbonyl (C=O) groups is 2. The van der Waals surface area contributed by atoms with Crippen LogP contribution in [-0.2, 0) is 30.3 Å². The van der Waals surface area contributed by atoms with Gasteiger partial charge in [0, 0.05) is 0 Å². The number of ether oxygens (including phenoxy) is 4. The molecular formula is C22H33NO6. The first kappa shape index (κ1) is 23.2. The Hall–Kier alpha value is -2.12.